The summed E-state index contributed by atoms with van der Waals surface area (Å²) in [6.07, 6.45) is 1.66. The molecule has 0 aromatic rings. The van der Waals surface area contributed by atoms with Crippen molar-refractivity contribution in [1.82, 2.24) is 4.90 Å². The molecule has 1 aliphatic heterocycles. The van der Waals surface area contributed by atoms with Crippen molar-refractivity contribution in [3.8, 4) is 0 Å². The zero-order chi connectivity index (χ0) is 11.3. The van der Waals surface area contributed by atoms with Gasteiger partial charge in [0.2, 0.25) is 0 Å². The van der Waals surface area contributed by atoms with E-state index < -0.39 is 0 Å². The number of aliphatic hydroxyl groups is 1. The average molecular weight is 215 g/mol. The number of β-amino-alcohol motifs (C(OH)–C–C–N with tert-alkyl or cyclic N) is 1. The first-order valence-electron chi connectivity index (χ1n) is 5.70. The maximum atomic E-state index is 11.4. The number of likely N-dealkylation sites (tertiary alicyclic amines) is 1. The van der Waals surface area contributed by atoms with Crippen molar-refractivity contribution in [2.75, 3.05) is 26.2 Å². The van der Waals surface area contributed by atoms with Crippen molar-refractivity contribution in [1.29, 1.82) is 0 Å². The minimum atomic E-state index is -0.229. The number of esters is 1. The molecule has 1 fully saturated rings. The molecule has 4 nitrogen and oxygen atoms in total. The number of aliphatic hydroxyl groups excluding tert-OH is 1. The predicted molar refractivity (Wildman–Crippen MR) is 57.5 cm³/mol. The fourth-order valence-corrected chi connectivity index (χ4v) is 1.94. The highest BCUT2D eigenvalue weighted by atomic mass is 16.5. The first kappa shape index (κ1) is 12.5. The number of hydrogen-bond acceptors (Lipinski definition) is 4. The smallest absolute Gasteiger partial charge is 0.309 e. The Bertz CT molecular complexity index is 208. The first-order valence-corrected chi connectivity index (χ1v) is 5.70. The molecule has 1 rings (SSSR count). The Morgan fingerprint density at radius 2 is 2.40 bits per heavy atom. The molecule has 0 saturated carbocycles. The van der Waals surface area contributed by atoms with Crippen LogP contribution in [0, 0.1) is 5.92 Å². The van der Waals surface area contributed by atoms with Gasteiger partial charge in [0.15, 0.2) is 0 Å². The lowest BCUT2D eigenvalue weighted by Gasteiger charge is -2.31. The normalized spacial score (nSPS) is 24.9. The minimum Gasteiger partial charge on any atom is -0.466 e. The van der Waals surface area contributed by atoms with Gasteiger partial charge in [-0.1, -0.05) is 6.92 Å². The van der Waals surface area contributed by atoms with E-state index in [1.54, 1.807) is 0 Å². The summed E-state index contributed by atoms with van der Waals surface area (Å²) in [5.74, 6) is -0.243. The van der Waals surface area contributed by atoms with Gasteiger partial charge in [0.05, 0.1) is 18.6 Å². The number of piperidine rings is 1. The Labute approximate surface area is 91.2 Å². The van der Waals surface area contributed by atoms with Crippen LogP contribution in [0.25, 0.3) is 0 Å². The predicted octanol–water partition coefficient (Wildman–Crippen LogP) is 0.642. The van der Waals surface area contributed by atoms with Crippen molar-refractivity contribution < 1.29 is 14.6 Å². The van der Waals surface area contributed by atoms with Crippen molar-refractivity contribution >= 4 is 5.97 Å². The third kappa shape index (κ3) is 4.18. The van der Waals surface area contributed by atoms with Gasteiger partial charge in [0, 0.05) is 13.1 Å². The lowest BCUT2D eigenvalue weighted by molar-refractivity contribution is -0.148. The Kier molecular flexibility index (Phi) is 5.05. The second kappa shape index (κ2) is 6.08. The van der Waals surface area contributed by atoms with Gasteiger partial charge >= 0.3 is 5.97 Å². The Hall–Kier alpha value is -0.610. The Balaban J connectivity index is 2.30. The van der Waals surface area contributed by atoms with Crippen LogP contribution in [-0.4, -0.2) is 48.3 Å². The highest BCUT2D eigenvalue weighted by Gasteiger charge is 2.22. The maximum Gasteiger partial charge on any atom is 0.309 e. The van der Waals surface area contributed by atoms with Crippen LogP contribution in [0.4, 0.5) is 0 Å². The molecule has 4 heteroatoms. The fraction of sp³-hybridized carbons (Fsp3) is 0.909. The second-order valence-electron chi connectivity index (χ2n) is 4.21. The summed E-state index contributed by atoms with van der Waals surface area (Å²) in [6, 6.07) is 0. The molecule has 0 aromatic carbocycles. The van der Waals surface area contributed by atoms with Crippen molar-refractivity contribution in [3.05, 3.63) is 0 Å². The molecule has 1 aliphatic rings. The molecule has 2 atom stereocenters. The molecular weight excluding hydrogens is 194 g/mol. The third-order valence-electron chi connectivity index (χ3n) is 2.70. The molecule has 0 aliphatic carbocycles. The van der Waals surface area contributed by atoms with Crippen LogP contribution in [-0.2, 0) is 9.53 Å². The van der Waals surface area contributed by atoms with Crippen LogP contribution >= 0.6 is 0 Å². The molecule has 0 radical (unpaired) electrons. The number of hydrogen-bond donors (Lipinski definition) is 1. The van der Waals surface area contributed by atoms with Crippen LogP contribution in [0.15, 0.2) is 0 Å². The van der Waals surface area contributed by atoms with Crippen LogP contribution in [0.3, 0.4) is 0 Å². The van der Waals surface area contributed by atoms with Crippen LogP contribution < -0.4 is 0 Å². The van der Waals surface area contributed by atoms with E-state index in [2.05, 4.69) is 4.90 Å². The lowest BCUT2D eigenvalue weighted by atomic mass is 10.1. The zero-order valence-electron chi connectivity index (χ0n) is 9.61. The molecule has 1 heterocycles. The molecule has 1 unspecified atom stereocenters. The van der Waals surface area contributed by atoms with Crippen molar-refractivity contribution in [2.24, 2.45) is 5.92 Å². The highest BCUT2D eigenvalue weighted by molar-refractivity contribution is 5.72. The second-order valence-corrected chi connectivity index (χ2v) is 4.21. The summed E-state index contributed by atoms with van der Waals surface area (Å²) >= 11 is 0. The fourth-order valence-electron chi connectivity index (χ4n) is 1.94. The van der Waals surface area contributed by atoms with E-state index in [1.807, 2.05) is 13.8 Å². The van der Waals surface area contributed by atoms with Gasteiger partial charge in [-0.05, 0) is 26.3 Å². The number of carbonyl (C=O) groups is 1. The summed E-state index contributed by atoms with van der Waals surface area (Å²) in [5, 5.41) is 9.48. The maximum absolute atomic E-state index is 11.4. The van der Waals surface area contributed by atoms with Crippen LogP contribution in [0.2, 0.25) is 0 Å². The third-order valence-corrected chi connectivity index (χ3v) is 2.70. The van der Waals surface area contributed by atoms with E-state index in [0.29, 0.717) is 19.7 Å². The van der Waals surface area contributed by atoms with E-state index in [4.69, 9.17) is 4.74 Å². The standard InChI is InChI=1S/C11H21NO3/c1-3-15-11(14)9(2)7-12-6-4-5-10(13)8-12/h9-10,13H,3-8H2,1-2H3/t9?,10-/m0/s1. The van der Waals surface area contributed by atoms with Gasteiger partial charge in [0.25, 0.3) is 0 Å². The van der Waals surface area contributed by atoms with E-state index >= 15 is 0 Å². The molecule has 1 saturated heterocycles. The van der Waals surface area contributed by atoms with E-state index in [1.165, 1.54) is 0 Å². The number of carbonyl (C=O) groups excluding carboxylic acids is 1. The summed E-state index contributed by atoms with van der Waals surface area (Å²) in [5.41, 5.74) is 0. The van der Waals surface area contributed by atoms with Gasteiger partial charge in [0.1, 0.15) is 0 Å². The topological polar surface area (TPSA) is 49.8 Å². The van der Waals surface area contributed by atoms with E-state index in [0.717, 1.165) is 19.4 Å². The Morgan fingerprint density at radius 3 is 3.00 bits per heavy atom. The van der Waals surface area contributed by atoms with Crippen molar-refractivity contribution in [2.45, 2.75) is 32.8 Å². The molecule has 0 spiro atoms. The molecular formula is C11H21NO3. The summed E-state index contributed by atoms with van der Waals surface area (Å²) in [6.45, 7) is 6.47. The molecule has 0 aromatic heterocycles. The number of nitrogens with zero attached hydrogens (tertiary/aromatic N) is 1. The molecule has 0 amide bonds. The lowest BCUT2D eigenvalue weighted by Crippen LogP contribution is -2.42. The van der Waals surface area contributed by atoms with E-state index in [9.17, 15) is 9.90 Å². The average Bonchev–Trinajstić information content (AvgIpc) is 2.18. The molecule has 15 heavy (non-hydrogen) atoms. The van der Waals surface area contributed by atoms with Gasteiger partial charge in [-0.15, -0.1) is 0 Å². The molecule has 88 valence electrons. The van der Waals surface area contributed by atoms with Gasteiger partial charge < -0.3 is 9.84 Å². The first-order chi connectivity index (χ1) is 7.13. The van der Waals surface area contributed by atoms with Crippen molar-refractivity contribution in [3.63, 3.8) is 0 Å². The van der Waals surface area contributed by atoms with Crippen LogP contribution in [0.1, 0.15) is 26.7 Å². The molecule has 1 N–H and O–H groups in total. The van der Waals surface area contributed by atoms with Crippen LogP contribution in [0.5, 0.6) is 0 Å². The van der Waals surface area contributed by atoms with Gasteiger partial charge in [-0.2, -0.15) is 0 Å². The SMILES string of the molecule is CCOC(=O)C(C)CN1CCC[C@H](O)C1. The van der Waals surface area contributed by atoms with Gasteiger partial charge in [-0.3, -0.25) is 9.69 Å². The Morgan fingerprint density at radius 1 is 1.67 bits per heavy atom. The monoisotopic (exact) mass is 215 g/mol. The zero-order valence-corrected chi connectivity index (χ0v) is 9.61. The number of ether oxygens (including phenoxy) is 1. The number of rotatable bonds is 4. The van der Waals surface area contributed by atoms with Gasteiger partial charge in [-0.25, -0.2) is 0 Å². The molecule has 0 bridgehead atoms. The van der Waals surface area contributed by atoms with E-state index in [-0.39, 0.29) is 18.0 Å². The minimum absolute atomic E-state index is 0.102. The summed E-state index contributed by atoms with van der Waals surface area (Å²) in [7, 11) is 0. The quantitative estimate of drug-likeness (QED) is 0.699. The summed E-state index contributed by atoms with van der Waals surface area (Å²) < 4.78 is 4.94. The highest BCUT2D eigenvalue weighted by Crippen LogP contribution is 2.12. The summed E-state index contributed by atoms with van der Waals surface area (Å²) in [4.78, 5) is 13.5. The largest absolute Gasteiger partial charge is 0.466 e.